The molecule has 0 spiro atoms. The van der Waals surface area contributed by atoms with Gasteiger partial charge >= 0.3 is 11.6 Å². The highest BCUT2D eigenvalue weighted by molar-refractivity contribution is 6.30. The number of benzene rings is 2. The van der Waals surface area contributed by atoms with Crippen molar-refractivity contribution in [3.05, 3.63) is 81.8 Å². The molecule has 0 aliphatic carbocycles. The molecule has 0 saturated heterocycles. The minimum absolute atomic E-state index is 0.0126. The molecule has 4 rings (SSSR count). The van der Waals surface area contributed by atoms with Gasteiger partial charge in [0.05, 0.1) is 4.92 Å². The molecule has 2 aromatic carbocycles. The van der Waals surface area contributed by atoms with Gasteiger partial charge in [-0.3, -0.25) is 15.1 Å². The van der Waals surface area contributed by atoms with Gasteiger partial charge in [0.25, 0.3) is 0 Å². The normalized spacial score (nSPS) is 10.7. The Labute approximate surface area is 170 Å². The Morgan fingerprint density at radius 3 is 2.72 bits per heavy atom. The summed E-state index contributed by atoms with van der Waals surface area (Å²) in [6.07, 6.45) is 2.83. The number of rotatable bonds is 5. The van der Waals surface area contributed by atoms with E-state index in [1.807, 2.05) is 19.1 Å². The van der Waals surface area contributed by atoms with E-state index in [0.717, 1.165) is 10.9 Å². The molecule has 0 aliphatic heterocycles. The van der Waals surface area contributed by atoms with Crippen LogP contribution < -0.4 is 10.1 Å². The molecule has 0 unspecified atom stereocenters. The maximum atomic E-state index is 11.8. The van der Waals surface area contributed by atoms with Crippen LogP contribution in [-0.2, 0) is 0 Å². The van der Waals surface area contributed by atoms with Crippen molar-refractivity contribution in [1.82, 2.24) is 15.0 Å². The highest BCUT2D eigenvalue weighted by Gasteiger charge is 2.26. The van der Waals surface area contributed by atoms with Gasteiger partial charge in [0, 0.05) is 22.3 Å². The van der Waals surface area contributed by atoms with Crippen molar-refractivity contribution in [1.29, 1.82) is 0 Å². The molecular formula is C20H14ClN5O3. The summed E-state index contributed by atoms with van der Waals surface area (Å²) < 4.78 is 5.80. The number of nitro groups is 1. The van der Waals surface area contributed by atoms with Gasteiger partial charge in [0.1, 0.15) is 11.8 Å². The van der Waals surface area contributed by atoms with E-state index < -0.39 is 4.92 Å². The molecule has 8 nitrogen and oxygen atoms in total. The zero-order valence-electron chi connectivity index (χ0n) is 15.2. The number of aromatic nitrogens is 3. The summed E-state index contributed by atoms with van der Waals surface area (Å²) in [6, 6.07) is 14.2. The molecule has 0 saturated carbocycles. The van der Waals surface area contributed by atoms with Crippen molar-refractivity contribution in [3.63, 3.8) is 0 Å². The second-order valence-electron chi connectivity index (χ2n) is 6.15. The predicted molar refractivity (Wildman–Crippen MR) is 110 cm³/mol. The Kier molecular flexibility index (Phi) is 4.92. The van der Waals surface area contributed by atoms with E-state index in [0.29, 0.717) is 22.0 Å². The third-order valence-electron chi connectivity index (χ3n) is 4.22. The fourth-order valence-corrected chi connectivity index (χ4v) is 3.08. The first kappa shape index (κ1) is 18.6. The number of halogens is 1. The lowest BCUT2D eigenvalue weighted by atomic mass is 10.2. The lowest BCUT2D eigenvalue weighted by Crippen LogP contribution is -2.04. The van der Waals surface area contributed by atoms with Gasteiger partial charge < -0.3 is 10.1 Å². The number of anilines is 2. The number of hydrogen-bond donors (Lipinski definition) is 1. The molecule has 0 aliphatic rings. The second-order valence-corrected chi connectivity index (χ2v) is 6.59. The lowest BCUT2D eigenvalue weighted by molar-refractivity contribution is -0.385. The standard InChI is InChI=1S/C20H14ClN5O3/c1-12-10-14(21)7-8-15(12)25-19-18(26(27)28)20(24-11-23-19)29-16-6-2-4-13-5-3-9-22-17(13)16/h2-11H,1H3,(H,23,24,25). The number of ether oxygens (including phenoxy) is 1. The van der Waals surface area contributed by atoms with Crippen molar-refractivity contribution in [2.75, 3.05) is 5.32 Å². The molecule has 29 heavy (non-hydrogen) atoms. The number of para-hydroxylation sites is 1. The number of hydrogen-bond acceptors (Lipinski definition) is 7. The Hall–Kier alpha value is -3.78. The summed E-state index contributed by atoms with van der Waals surface area (Å²) in [7, 11) is 0. The van der Waals surface area contributed by atoms with Gasteiger partial charge in [-0.05, 0) is 42.8 Å². The topological polar surface area (TPSA) is 103 Å². The summed E-state index contributed by atoms with van der Waals surface area (Å²) in [6.45, 7) is 1.83. The summed E-state index contributed by atoms with van der Waals surface area (Å²) in [4.78, 5) is 23.5. The van der Waals surface area contributed by atoms with Crippen LogP contribution in [0.1, 0.15) is 5.56 Å². The Bertz CT molecular complexity index is 1230. The molecule has 1 N–H and O–H groups in total. The highest BCUT2D eigenvalue weighted by atomic mass is 35.5. The number of fused-ring (bicyclic) bond motifs is 1. The van der Waals surface area contributed by atoms with Gasteiger partial charge in [0.15, 0.2) is 5.75 Å². The minimum atomic E-state index is -0.582. The summed E-state index contributed by atoms with van der Waals surface area (Å²) >= 11 is 5.98. The van der Waals surface area contributed by atoms with Crippen LogP contribution in [-0.4, -0.2) is 19.9 Å². The van der Waals surface area contributed by atoms with Crippen molar-refractivity contribution in [2.45, 2.75) is 6.92 Å². The number of nitrogens with zero attached hydrogens (tertiary/aromatic N) is 4. The van der Waals surface area contributed by atoms with Crippen LogP contribution >= 0.6 is 11.6 Å². The fourth-order valence-electron chi connectivity index (χ4n) is 2.85. The zero-order valence-corrected chi connectivity index (χ0v) is 15.9. The van der Waals surface area contributed by atoms with Crippen molar-refractivity contribution in [2.24, 2.45) is 0 Å². The third-order valence-corrected chi connectivity index (χ3v) is 4.45. The first-order valence-corrected chi connectivity index (χ1v) is 8.95. The molecule has 2 aromatic heterocycles. The van der Waals surface area contributed by atoms with Gasteiger partial charge in [-0.15, -0.1) is 0 Å². The Morgan fingerprint density at radius 1 is 1.10 bits per heavy atom. The van der Waals surface area contributed by atoms with E-state index in [1.165, 1.54) is 6.33 Å². The largest absolute Gasteiger partial charge is 0.431 e. The monoisotopic (exact) mass is 407 g/mol. The number of aryl methyl sites for hydroxylation is 1. The van der Waals surface area contributed by atoms with E-state index in [1.54, 1.807) is 42.6 Å². The molecular weight excluding hydrogens is 394 g/mol. The molecule has 4 aromatic rings. The van der Waals surface area contributed by atoms with Gasteiger partial charge in [0.2, 0.25) is 5.82 Å². The molecule has 0 radical (unpaired) electrons. The zero-order chi connectivity index (χ0) is 20.4. The van der Waals surface area contributed by atoms with E-state index in [2.05, 4.69) is 20.3 Å². The molecule has 9 heteroatoms. The van der Waals surface area contributed by atoms with E-state index in [4.69, 9.17) is 16.3 Å². The lowest BCUT2D eigenvalue weighted by Gasteiger charge is -2.12. The van der Waals surface area contributed by atoms with E-state index in [9.17, 15) is 10.1 Å². The van der Waals surface area contributed by atoms with Crippen molar-refractivity contribution < 1.29 is 9.66 Å². The molecule has 0 bridgehead atoms. The van der Waals surface area contributed by atoms with Gasteiger partial charge in [-0.2, -0.15) is 4.98 Å². The van der Waals surface area contributed by atoms with Crippen LogP contribution in [0.4, 0.5) is 17.2 Å². The van der Waals surface area contributed by atoms with Crippen LogP contribution in [0, 0.1) is 17.0 Å². The Balaban J connectivity index is 1.76. The first-order chi connectivity index (χ1) is 14.0. The predicted octanol–water partition coefficient (Wildman–Crippen LogP) is 5.43. The smallest absolute Gasteiger partial charge is 0.373 e. The molecule has 0 fully saturated rings. The minimum Gasteiger partial charge on any atom is -0.431 e. The van der Waals surface area contributed by atoms with Crippen LogP contribution in [0.25, 0.3) is 10.9 Å². The summed E-state index contributed by atoms with van der Waals surface area (Å²) in [5.74, 6) is 0.189. The quantitative estimate of drug-likeness (QED) is 0.347. The fraction of sp³-hybridized carbons (Fsp3) is 0.0500. The number of nitrogens with one attached hydrogen (secondary N) is 1. The van der Waals surface area contributed by atoms with Crippen LogP contribution in [0.15, 0.2) is 61.1 Å². The average Bonchev–Trinajstić information content (AvgIpc) is 2.70. The van der Waals surface area contributed by atoms with Crippen LogP contribution in [0.3, 0.4) is 0 Å². The van der Waals surface area contributed by atoms with Crippen molar-refractivity contribution >= 4 is 39.7 Å². The van der Waals surface area contributed by atoms with Crippen LogP contribution in [0.2, 0.25) is 5.02 Å². The first-order valence-electron chi connectivity index (χ1n) is 8.57. The van der Waals surface area contributed by atoms with Crippen molar-refractivity contribution in [3.8, 4) is 11.6 Å². The SMILES string of the molecule is Cc1cc(Cl)ccc1Nc1ncnc(Oc2cccc3cccnc23)c1[N+](=O)[O-]. The van der Waals surface area contributed by atoms with Crippen LogP contribution in [0.5, 0.6) is 11.6 Å². The highest BCUT2D eigenvalue weighted by Crippen LogP contribution is 2.37. The molecule has 0 amide bonds. The van der Waals surface area contributed by atoms with Gasteiger partial charge in [-0.1, -0.05) is 29.8 Å². The maximum Gasteiger partial charge on any atom is 0.373 e. The maximum absolute atomic E-state index is 11.8. The summed E-state index contributed by atoms with van der Waals surface area (Å²) in [5.41, 5.74) is 1.64. The van der Waals surface area contributed by atoms with E-state index >= 15 is 0 Å². The molecule has 2 heterocycles. The summed E-state index contributed by atoms with van der Waals surface area (Å²) in [5, 5.41) is 16.2. The second kappa shape index (κ2) is 7.69. The average molecular weight is 408 g/mol. The van der Waals surface area contributed by atoms with E-state index in [-0.39, 0.29) is 17.4 Å². The third kappa shape index (κ3) is 3.78. The Morgan fingerprint density at radius 2 is 1.93 bits per heavy atom. The molecule has 0 atom stereocenters. The van der Waals surface area contributed by atoms with Gasteiger partial charge in [-0.25, -0.2) is 4.98 Å². The molecule has 144 valence electrons. The number of pyridine rings is 1.